The van der Waals surface area contributed by atoms with Gasteiger partial charge < -0.3 is 10.4 Å². The quantitative estimate of drug-likeness (QED) is 0.252. The normalized spacial score (nSPS) is 12.7. The predicted molar refractivity (Wildman–Crippen MR) is 152 cm³/mol. The first-order chi connectivity index (χ1) is 19.5. The molecule has 1 aliphatic rings. The number of fused-ring (bicyclic) bond motifs is 1. The molecule has 0 aliphatic carbocycles. The number of carboxylic acids is 1. The van der Waals surface area contributed by atoms with Crippen LogP contribution in [0.25, 0.3) is 0 Å². The number of nitrogens with one attached hydrogen (secondary N) is 1. The fraction of sp³-hybridized carbons (Fsp3) is 0.0667. The van der Waals surface area contributed by atoms with E-state index in [2.05, 4.69) is 5.32 Å². The summed E-state index contributed by atoms with van der Waals surface area (Å²) in [4.78, 5) is 51.4. The van der Waals surface area contributed by atoms with Crippen molar-refractivity contribution in [2.75, 3.05) is 11.9 Å². The lowest BCUT2D eigenvalue weighted by Crippen LogP contribution is -2.31. The van der Waals surface area contributed by atoms with Crippen molar-refractivity contribution in [3.63, 3.8) is 0 Å². The standard InChI is InChI=1S/C21H14NO4S.C9H8NO3.Al/c1-14-6-10-16(11-7-14)27(25,26)17-12-8-15(9-13-17)22-20(23)18-4-2-3-5-19(18)21(22)24;1-10-8(11)6-4-2-3-5-7(6)9(12)13;/h2,4-13H,1H3;3-5H,1H3,(H,10,11)(H,12,13);. The number of anilines is 1. The zero-order chi connectivity index (χ0) is 29.5. The third-order valence-electron chi connectivity index (χ3n) is 6.73. The maximum Gasteiger partial charge on any atom is 0.336 e. The molecule has 2 N–H and O–H groups in total. The van der Waals surface area contributed by atoms with Crippen molar-refractivity contribution in [1.29, 1.82) is 0 Å². The molecular formula is C30H22AlN2O7S. The summed E-state index contributed by atoms with van der Waals surface area (Å²) in [5.74, 6) is -2.79. The minimum atomic E-state index is -3.77. The average molecular weight is 582 g/mol. The van der Waals surface area contributed by atoms with Crippen molar-refractivity contribution in [2.45, 2.75) is 16.7 Å². The summed E-state index contributed by atoms with van der Waals surface area (Å²) in [5.41, 5.74) is 1.53. The van der Waals surface area contributed by atoms with E-state index in [4.69, 9.17) is 0 Å². The number of nitrogens with zero attached hydrogens (tertiary/aromatic N) is 1. The van der Waals surface area contributed by atoms with Crippen LogP contribution in [-0.4, -0.2) is 59.5 Å². The van der Waals surface area contributed by atoms with E-state index in [1.807, 2.05) is 6.92 Å². The summed E-state index contributed by atoms with van der Waals surface area (Å²) >= 11 is -0.634. The zero-order valence-electron chi connectivity index (χ0n) is 21.9. The van der Waals surface area contributed by atoms with E-state index in [1.54, 1.807) is 36.4 Å². The molecule has 1 aliphatic heterocycles. The van der Waals surface area contributed by atoms with Gasteiger partial charge in [0.05, 0.1) is 37.7 Å². The number of rotatable bonds is 7. The van der Waals surface area contributed by atoms with Crippen LogP contribution in [-0.2, 0) is 9.84 Å². The second-order valence-corrected chi connectivity index (χ2v) is 13.0. The van der Waals surface area contributed by atoms with Gasteiger partial charge in [-0.15, -0.1) is 8.85 Å². The minimum absolute atomic E-state index is 0.0384. The fourth-order valence-corrected chi connectivity index (χ4v) is 7.09. The smallest absolute Gasteiger partial charge is 0.336 e. The van der Waals surface area contributed by atoms with E-state index in [1.165, 1.54) is 55.6 Å². The highest BCUT2D eigenvalue weighted by molar-refractivity contribution is 7.91. The average Bonchev–Trinajstić information content (AvgIpc) is 3.21. The highest BCUT2D eigenvalue weighted by atomic mass is 32.2. The number of imide groups is 1. The Morgan fingerprint density at radius 1 is 0.756 bits per heavy atom. The molecule has 0 spiro atoms. The Morgan fingerprint density at radius 2 is 1.32 bits per heavy atom. The van der Waals surface area contributed by atoms with Gasteiger partial charge in [0.1, 0.15) is 0 Å². The van der Waals surface area contributed by atoms with Crippen LogP contribution >= 0.6 is 0 Å². The fourth-order valence-electron chi connectivity index (χ4n) is 4.56. The molecule has 1 radical (unpaired) electrons. The maximum absolute atomic E-state index is 13.3. The Bertz CT molecular complexity index is 1850. The summed E-state index contributed by atoms with van der Waals surface area (Å²) < 4.78 is 27.5. The number of benzene rings is 4. The van der Waals surface area contributed by atoms with E-state index in [0.717, 1.165) is 19.3 Å². The third-order valence-corrected chi connectivity index (χ3v) is 9.90. The number of carbonyl (C=O) groups excluding carboxylic acids is 3. The number of carbonyl (C=O) groups is 4. The molecule has 3 amide bonds. The van der Waals surface area contributed by atoms with Crippen LogP contribution in [0.3, 0.4) is 0 Å². The van der Waals surface area contributed by atoms with Crippen LogP contribution in [0.1, 0.15) is 47.0 Å². The Labute approximate surface area is 242 Å². The van der Waals surface area contributed by atoms with Gasteiger partial charge in [-0.05, 0) is 55.5 Å². The van der Waals surface area contributed by atoms with Crippen molar-refractivity contribution >= 4 is 63.3 Å². The molecule has 0 fully saturated rings. The van der Waals surface area contributed by atoms with Crippen LogP contribution in [0.5, 0.6) is 0 Å². The van der Waals surface area contributed by atoms with Crippen LogP contribution in [0.4, 0.5) is 5.69 Å². The summed E-state index contributed by atoms with van der Waals surface area (Å²) in [6.07, 6.45) is 0. The molecule has 41 heavy (non-hydrogen) atoms. The van der Waals surface area contributed by atoms with Crippen molar-refractivity contribution < 1.29 is 32.7 Å². The van der Waals surface area contributed by atoms with Crippen molar-refractivity contribution in [3.8, 4) is 0 Å². The van der Waals surface area contributed by atoms with Gasteiger partial charge in [0.15, 0.2) is 0 Å². The summed E-state index contributed by atoms with van der Waals surface area (Å²) in [6.45, 7) is 1.86. The number of carboxylic acid groups (broad SMARTS) is 1. The molecule has 0 atom stereocenters. The molecule has 5 rings (SSSR count). The van der Waals surface area contributed by atoms with Gasteiger partial charge in [-0.2, -0.15) is 0 Å². The number of aryl methyl sites for hydroxylation is 1. The van der Waals surface area contributed by atoms with E-state index >= 15 is 0 Å². The molecule has 0 saturated carbocycles. The molecule has 203 valence electrons. The highest BCUT2D eigenvalue weighted by Crippen LogP contribution is 2.30. The Morgan fingerprint density at radius 3 is 1.93 bits per heavy atom. The molecule has 4 aromatic carbocycles. The van der Waals surface area contributed by atoms with Crippen molar-refractivity contribution in [3.05, 3.63) is 113 Å². The summed E-state index contributed by atoms with van der Waals surface area (Å²) in [6, 6.07) is 21.5. The lowest BCUT2D eigenvalue weighted by molar-refractivity contribution is 0.0690. The van der Waals surface area contributed by atoms with Crippen molar-refractivity contribution in [2.24, 2.45) is 0 Å². The van der Waals surface area contributed by atoms with Gasteiger partial charge in [0, 0.05) is 7.05 Å². The van der Waals surface area contributed by atoms with Gasteiger partial charge in [-0.1, -0.05) is 42.0 Å². The monoisotopic (exact) mass is 581 g/mol. The van der Waals surface area contributed by atoms with Crippen LogP contribution in [0.15, 0.2) is 94.7 Å². The molecule has 0 aromatic heterocycles. The Kier molecular flexibility index (Phi) is 7.36. The van der Waals surface area contributed by atoms with Crippen LogP contribution < -0.4 is 19.1 Å². The zero-order valence-corrected chi connectivity index (χ0v) is 23.9. The lowest BCUT2D eigenvalue weighted by atomic mass is 10.1. The Hall–Kier alpha value is -4.56. The van der Waals surface area contributed by atoms with Crippen LogP contribution in [0, 0.1) is 6.92 Å². The van der Waals surface area contributed by atoms with Crippen LogP contribution in [0.2, 0.25) is 0 Å². The third kappa shape index (κ3) is 5.18. The molecule has 0 saturated heterocycles. The molecule has 1 heterocycles. The van der Waals surface area contributed by atoms with Gasteiger partial charge in [0.25, 0.3) is 32.9 Å². The summed E-state index contributed by atoms with van der Waals surface area (Å²) in [7, 11) is -2.36. The van der Waals surface area contributed by atoms with Gasteiger partial charge in [0.2, 0.25) is 9.84 Å². The number of hydrogen-bond donors (Lipinski definition) is 2. The second-order valence-electron chi connectivity index (χ2n) is 9.39. The summed E-state index contributed by atoms with van der Waals surface area (Å²) in [5, 5.41) is 11.8. The number of sulfone groups is 1. The first-order valence-corrected chi connectivity index (χ1v) is 15.0. The molecule has 0 unspecified atom stereocenters. The van der Waals surface area contributed by atoms with E-state index in [9.17, 15) is 32.7 Å². The molecular weight excluding hydrogens is 559 g/mol. The maximum atomic E-state index is 13.3. The van der Waals surface area contributed by atoms with E-state index in [-0.39, 0.29) is 37.7 Å². The van der Waals surface area contributed by atoms with E-state index in [0.29, 0.717) is 0 Å². The number of amides is 3. The number of hydrogen-bond acceptors (Lipinski definition) is 6. The molecule has 11 heteroatoms. The van der Waals surface area contributed by atoms with Crippen molar-refractivity contribution in [1.82, 2.24) is 5.32 Å². The Balaban J connectivity index is 1.40. The molecule has 4 aromatic rings. The lowest BCUT2D eigenvalue weighted by Gasteiger charge is -2.14. The number of aromatic carboxylic acids is 1. The van der Waals surface area contributed by atoms with Gasteiger partial charge in [-0.3, -0.25) is 14.4 Å². The largest absolute Gasteiger partial charge is 0.478 e. The predicted octanol–water partition coefficient (Wildman–Crippen LogP) is 2.34. The first-order valence-electron chi connectivity index (χ1n) is 12.4. The molecule has 9 nitrogen and oxygen atoms in total. The molecule has 0 bridgehead atoms. The minimum Gasteiger partial charge on any atom is -0.478 e. The topological polar surface area (TPSA) is 138 Å². The van der Waals surface area contributed by atoms with Gasteiger partial charge >= 0.3 is 5.97 Å². The van der Waals surface area contributed by atoms with E-state index < -0.39 is 48.7 Å². The first kappa shape index (κ1) is 28.0. The second kappa shape index (κ2) is 10.8. The SMILES string of the molecule is CNC(=O)c1c[c]([Al][c]2ccc3c(c2)C(=O)N(c2ccc(S(=O)(=O)c4ccc(C)cc4)cc2)C3=O)ccc1C(=O)O. The highest BCUT2D eigenvalue weighted by Gasteiger charge is 2.37. The van der Waals surface area contributed by atoms with Gasteiger partial charge in [-0.25, -0.2) is 18.1 Å².